The van der Waals surface area contributed by atoms with E-state index in [0.717, 1.165) is 0 Å². The minimum absolute atomic E-state index is 0.0251. The molecular weight excluding hydrogens is 305 g/mol. The number of rotatable bonds is 4. The zero-order valence-electron chi connectivity index (χ0n) is 13.0. The third-order valence-corrected chi connectivity index (χ3v) is 4.01. The Balaban J connectivity index is 2.35. The lowest BCUT2D eigenvalue weighted by Crippen LogP contribution is -2.36. The quantitative estimate of drug-likeness (QED) is 0.931. The van der Waals surface area contributed by atoms with Crippen LogP contribution in [0.3, 0.4) is 0 Å². The molecule has 0 spiro atoms. The SMILES string of the molecule is Cc1nn(-c2ccc(F)cc2)c(Cl)c1C(=O)N[C@H](C)C(C)C. The van der Waals surface area contributed by atoms with Crippen molar-refractivity contribution in [3.05, 3.63) is 46.5 Å². The average Bonchev–Trinajstić information content (AvgIpc) is 2.74. The van der Waals surface area contributed by atoms with Gasteiger partial charge < -0.3 is 5.32 Å². The highest BCUT2D eigenvalue weighted by Gasteiger charge is 2.22. The first-order valence-corrected chi connectivity index (χ1v) is 7.51. The standard InChI is InChI=1S/C16H19ClFN3O/c1-9(2)10(3)19-16(22)14-11(4)20-21(15(14)17)13-7-5-12(18)6-8-13/h5-10H,1-4H3,(H,19,22)/t10-/m1/s1. The summed E-state index contributed by atoms with van der Waals surface area (Å²) in [5.41, 5.74) is 1.48. The maximum Gasteiger partial charge on any atom is 0.256 e. The number of hydrogen-bond donors (Lipinski definition) is 1. The van der Waals surface area contributed by atoms with Crippen LogP contribution in [0.15, 0.2) is 24.3 Å². The van der Waals surface area contributed by atoms with Gasteiger partial charge in [-0.05, 0) is 44.0 Å². The third kappa shape index (κ3) is 3.30. The van der Waals surface area contributed by atoms with E-state index in [4.69, 9.17) is 11.6 Å². The highest BCUT2D eigenvalue weighted by atomic mass is 35.5. The Kier molecular flexibility index (Phi) is 4.86. The first-order valence-electron chi connectivity index (χ1n) is 7.13. The summed E-state index contributed by atoms with van der Waals surface area (Å²) in [6.07, 6.45) is 0. The monoisotopic (exact) mass is 323 g/mol. The van der Waals surface area contributed by atoms with E-state index in [-0.39, 0.29) is 22.9 Å². The van der Waals surface area contributed by atoms with Gasteiger partial charge in [0.2, 0.25) is 0 Å². The van der Waals surface area contributed by atoms with Gasteiger partial charge in [0.15, 0.2) is 0 Å². The highest BCUT2D eigenvalue weighted by Crippen LogP contribution is 2.24. The molecule has 0 aliphatic carbocycles. The molecule has 1 N–H and O–H groups in total. The molecule has 0 aliphatic rings. The van der Waals surface area contributed by atoms with Gasteiger partial charge in [-0.25, -0.2) is 9.07 Å². The fraction of sp³-hybridized carbons (Fsp3) is 0.375. The minimum atomic E-state index is -0.340. The summed E-state index contributed by atoms with van der Waals surface area (Å²) < 4.78 is 14.4. The van der Waals surface area contributed by atoms with Crippen molar-refractivity contribution < 1.29 is 9.18 Å². The molecule has 2 rings (SSSR count). The molecular formula is C16H19ClFN3O. The maximum atomic E-state index is 13.0. The van der Waals surface area contributed by atoms with Crippen molar-refractivity contribution in [2.75, 3.05) is 0 Å². The van der Waals surface area contributed by atoms with Crippen LogP contribution >= 0.6 is 11.6 Å². The Labute approximate surface area is 134 Å². The number of benzene rings is 1. The second-order valence-corrected chi connectivity index (χ2v) is 6.00. The maximum absolute atomic E-state index is 13.0. The van der Waals surface area contributed by atoms with Crippen molar-refractivity contribution in [1.29, 1.82) is 0 Å². The summed E-state index contributed by atoms with van der Waals surface area (Å²) in [7, 11) is 0. The molecule has 0 radical (unpaired) electrons. The van der Waals surface area contributed by atoms with Crippen molar-refractivity contribution in [2.45, 2.75) is 33.7 Å². The predicted molar refractivity (Wildman–Crippen MR) is 85.0 cm³/mol. The Hall–Kier alpha value is -1.88. The van der Waals surface area contributed by atoms with Crippen molar-refractivity contribution in [1.82, 2.24) is 15.1 Å². The second kappa shape index (κ2) is 6.48. The van der Waals surface area contributed by atoms with Gasteiger partial charge in [-0.2, -0.15) is 5.10 Å². The average molecular weight is 324 g/mol. The smallest absolute Gasteiger partial charge is 0.256 e. The summed E-state index contributed by atoms with van der Waals surface area (Å²) in [6.45, 7) is 7.72. The van der Waals surface area contributed by atoms with E-state index in [0.29, 0.717) is 22.9 Å². The van der Waals surface area contributed by atoms with Gasteiger partial charge in [0.25, 0.3) is 5.91 Å². The summed E-state index contributed by atoms with van der Waals surface area (Å²) in [6, 6.07) is 5.79. The third-order valence-electron chi connectivity index (χ3n) is 3.66. The molecule has 0 unspecified atom stereocenters. The number of carbonyl (C=O) groups is 1. The van der Waals surface area contributed by atoms with Crippen molar-refractivity contribution in [2.24, 2.45) is 5.92 Å². The zero-order valence-corrected chi connectivity index (χ0v) is 13.8. The van der Waals surface area contributed by atoms with Crippen LogP contribution in [0.1, 0.15) is 36.8 Å². The molecule has 1 atom stereocenters. The van der Waals surface area contributed by atoms with Gasteiger partial charge in [0, 0.05) is 6.04 Å². The van der Waals surface area contributed by atoms with Crippen LogP contribution in [0, 0.1) is 18.7 Å². The fourth-order valence-corrected chi connectivity index (χ4v) is 2.31. The molecule has 4 nitrogen and oxygen atoms in total. The number of aryl methyl sites for hydroxylation is 1. The molecule has 0 saturated carbocycles. The number of halogens is 2. The molecule has 2 aromatic rings. The van der Waals surface area contributed by atoms with Crippen LogP contribution in [0.5, 0.6) is 0 Å². The molecule has 0 aliphatic heterocycles. The highest BCUT2D eigenvalue weighted by molar-refractivity contribution is 6.33. The molecule has 0 fully saturated rings. The first-order chi connectivity index (χ1) is 10.3. The number of nitrogens with zero attached hydrogens (tertiary/aromatic N) is 2. The van der Waals surface area contributed by atoms with E-state index in [1.54, 1.807) is 19.1 Å². The Bertz CT molecular complexity index is 679. The van der Waals surface area contributed by atoms with E-state index in [1.165, 1.54) is 16.8 Å². The minimum Gasteiger partial charge on any atom is -0.349 e. The lowest BCUT2D eigenvalue weighted by atomic mass is 10.1. The van der Waals surface area contributed by atoms with Crippen LogP contribution in [0.2, 0.25) is 5.15 Å². The topological polar surface area (TPSA) is 46.9 Å². The number of hydrogen-bond acceptors (Lipinski definition) is 2. The molecule has 1 amide bonds. The molecule has 1 aromatic carbocycles. The van der Waals surface area contributed by atoms with Gasteiger partial charge in [-0.15, -0.1) is 0 Å². The Morgan fingerprint density at radius 1 is 1.27 bits per heavy atom. The van der Waals surface area contributed by atoms with Crippen LogP contribution < -0.4 is 5.32 Å². The predicted octanol–water partition coefficient (Wildman–Crippen LogP) is 3.75. The van der Waals surface area contributed by atoms with E-state index in [1.807, 2.05) is 20.8 Å². The Morgan fingerprint density at radius 2 is 1.86 bits per heavy atom. The fourth-order valence-electron chi connectivity index (χ4n) is 1.96. The lowest BCUT2D eigenvalue weighted by Gasteiger charge is -2.17. The summed E-state index contributed by atoms with van der Waals surface area (Å²) in [5.74, 6) is -0.278. The van der Waals surface area contributed by atoms with Gasteiger partial charge in [-0.3, -0.25) is 4.79 Å². The van der Waals surface area contributed by atoms with Crippen molar-refractivity contribution in [3.8, 4) is 5.69 Å². The molecule has 0 saturated heterocycles. The number of aromatic nitrogens is 2. The normalized spacial score (nSPS) is 12.5. The second-order valence-electron chi connectivity index (χ2n) is 5.65. The van der Waals surface area contributed by atoms with E-state index in [9.17, 15) is 9.18 Å². The molecule has 1 heterocycles. The summed E-state index contributed by atoms with van der Waals surface area (Å²) >= 11 is 6.31. The summed E-state index contributed by atoms with van der Waals surface area (Å²) in [5, 5.41) is 7.42. The number of carbonyl (C=O) groups excluding carboxylic acids is 1. The van der Waals surface area contributed by atoms with Crippen LogP contribution in [-0.4, -0.2) is 21.7 Å². The zero-order chi connectivity index (χ0) is 16.4. The van der Waals surface area contributed by atoms with Gasteiger partial charge in [0.1, 0.15) is 11.0 Å². The molecule has 118 valence electrons. The number of nitrogens with one attached hydrogen (secondary N) is 1. The van der Waals surface area contributed by atoms with Crippen molar-refractivity contribution >= 4 is 17.5 Å². The van der Waals surface area contributed by atoms with Crippen LogP contribution in [-0.2, 0) is 0 Å². The Morgan fingerprint density at radius 3 is 2.41 bits per heavy atom. The van der Waals surface area contributed by atoms with Crippen molar-refractivity contribution in [3.63, 3.8) is 0 Å². The molecule has 1 aromatic heterocycles. The van der Waals surface area contributed by atoms with E-state index in [2.05, 4.69) is 10.4 Å². The molecule has 6 heteroatoms. The van der Waals surface area contributed by atoms with E-state index >= 15 is 0 Å². The van der Waals surface area contributed by atoms with Gasteiger partial charge in [-0.1, -0.05) is 25.4 Å². The van der Waals surface area contributed by atoms with Gasteiger partial charge >= 0.3 is 0 Å². The lowest BCUT2D eigenvalue weighted by molar-refractivity contribution is 0.0930. The van der Waals surface area contributed by atoms with Gasteiger partial charge in [0.05, 0.1) is 16.9 Å². The molecule has 22 heavy (non-hydrogen) atoms. The first kappa shape index (κ1) is 16.5. The largest absolute Gasteiger partial charge is 0.349 e. The van der Waals surface area contributed by atoms with Crippen LogP contribution in [0.4, 0.5) is 4.39 Å². The summed E-state index contributed by atoms with van der Waals surface area (Å²) in [4.78, 5) is 12.4. The molecule has 0 bridgehead atoms. The number of amides is 1. The van der Waals surface area contributed by atoms with E-state index < -0.39 is 0 Å². The van der Waals surface area contributed by atoms with Crippen LogP contribution in [0.25, 0.3) is 5.69 Å².